The molecule has 0 heterocycles. The number of hydrogen-bond donors (Lipinski definition) is 1. The van der Waals surface area contributed by atoms with Crippen molar-refractivity contribution >= 4 is 17.7 Å². The third kappa shape index (κ3) is 3.14. The highest BCUT2D eigenvalue weighted by Crippen LogP contribution is 2.28. The highest BCUT2D eigenvalue weighted by molar-refractivity contribution is 7.99. The predicted molar refractivity (Wildman–Crippen MR) is 48.7 cm³/mol. The molecular formula is C8H15NOS. The summed E-state index contributed by atoms with van der Waals surface area (Å²) in [5.74, 6) is 0.606. The standard InChI is InChI=1S/C8H15NOS/c1-6(11-2)5-9-8(10)7-3-4-7/h6-7H,3-5H2,1-2H3,(H,9,10). The molecule has 1 aliphatic carbocycles. The zero-order valence-electron chi connectivity index (χ0n) is 7.09. The van der Waals surface area contributed by atoms with Gasteiger partial charge in [0.25, 0.3) is 0 Å². The Kier molecular flexibility index (Phi) is 3.24. The van der Waals surface area contributed by atoms with Gasteiger partial charge in [0, 0.05) is 17.7 Å². The molecule has 0 aromatic rings. The van der Waals surface area contributed by atoms with E-state index in [1.165, 1.54) is 0 Å². The van der Waals surface area contributed by atoms with Crippen LogP contribution in [0.5, 0.6) is 0 Å². The van der Waals surface area contributed by atoms with Crippen LogP contribution in [-0.2, 0) is 4.79 Å². The van der Waals surface area contributed by atoms with Gasteiger partial charge in [0.05, 0.1) is 0 Å². The second-order valence-electron chi connectivity index (χ2n) is 3.07. The van der Waals surface area contributed by atoms with Gasteiger partial charge in [-0.2, -0.15) is 11.8 Å². The first-order chi connectivity index (χ1) is 5.24. The van der Waals surface area contributed by atoms with Gasteiger partial charge in [-0.05, 0) is 19.1 Å². The molecular weight excluding hydrogens is 158 g/mol. The fraction of sp³-hybridized carbons (Fsp3) is 0.875. The lowest BCUT2D eigenvalue weighted by atomic mass is 10.4. The largest absolute Gasteiger partial charge is 0.355 e. The lowest BCUT2D eigenvalue weighted by Gasteiger charge is -2.08. The first-order valence-electron chi connectivity index (χ1n) is 4.04. The molecule has 1 fully saturated rings. The summed E-state index contributed by atoms with van der Waals surface area (Å²) in [5.41, 5.74) is 0. The van der Waals surface area contributed by atoms with Crippen LogP contribution in [0, 0.1) is 5.92 Å². The lowest BCUT2D eigenvalue weighted by Crippen LogP contribution is -2.30. The first-order valence-corrected chi connectivity index (χ1v) is 5.33. The summed E-state index contributed by atoms with van der Waals surface area (Å²) >= 11 is 1.78. The van der Waals surface area contributed by atoms with Crippen molar-refractivity contribution in [1.82, 2.24) is 5.32 Å². The Balaban J connectivity index is 2.05. The minimum absolute atomic E-state index is 0.255. The molecule has 1 saturated carbocycles. The summed E-state index contributed by atoms with van der Waals surface area (Å²) in [6, 6.07) is 0. The molecule has 1 atom stereocenters. The average molecular weight is 173 g/mol. The lowest BCUT2D eigenvalue weighted by molar-refractivity contribution is -0.122. The van der Waals surface area contributed by atoms with Gasteiger partial charge in [0.1, 0.15) is 0 Å². The highest BCUT2D eigenvalue weighted by atomic mass is 32.2. The summed E-state index contributed by atoms with van der Waals surface area (Å²) in [7, 11) is 0. The number of carbonyl (C=O) groups is 1. The van der Waals surface area contributed by atoms with Crippen LogP contribution in [-0.4, -0.2) is 24.0 Å². The molecule has 2 nitrogen and oxygen atoms in total. The van der Waals surface area contributed by atoms with Crippen LogP contribution in [0.1, 0.15) is 19.8 Å². The molecule has 0 bridgehead atoms. The Morgan fingerprint density at radius 1 is 1.73 bits per heavy atom. The summed E-state index contributed by atoms with van der Waals surface area (Å²) in [4.78, 5) is 11.1. The van der Waals surface area contributed by atoms with Crippen molar-refractivity contribution in [1.29, 1.82) is 0 Å². The van der Waals surface area contributed by atoms with E-state index in [4.69, 9.17) is 0 Å². The van der Waals surface area contributed by atoms with E-state index in [1.807, 2.05) is 0 Å². The highest BCUT2D eigenvalue weighted by Gasteiger charge is 2.29. The molecule has 1 amide bonds. The van der Waals surface area contributed by atoms with E-state index in [1.54, 1.807) is 11.8 Å². The number of amides is 1. The van der Waals surface area contributed by atoms with Crippen molar-refractivity contribution in [2.24, 2.45) is 5.92 Å². The molecule has 1 unspecified atom stereocenters. The van der Waals surface area contributed by atoms with Crippen LogP contribution in [0.15, 0.2) is 0 Å². The SMILES string of the molecule is CSC(C)CNC(=O)C1CC1. The summed E-state index contributed by atoms with van der Waals surface area (Å²) in [6.45, 7) is 2.94. The average Bonchev–Trinajstić information content (AvgIpc) is 2.81. The van der Waals surface area contributed by atoms with E-state index in [0.717, 1.165) is 19.4 Å². The minimum Gasteiger partial charge on any atom is -0.355 e. The van der Waals surface area contributed by atoms with E-state index in [-0.39, 0.29) is 5.91 Å². The van der Waals surface area contributed by atoms with Crippen LogP contribution in [0.3, 0.4) is 0 Å². The first kappa shape index (κ1) is 8.91. The quantitative estimate of drug-likeness (QED) is 0.693. The van der Waals surface area contributed by atoms with Gasteiger partial charge in [0.2, 0.25) is 5.91 Å². The van der Waals surface area contributed by atoms with Crippen molar-refractivity contribution in [3.8, 4) is 0 Å². The van der Waals surface area contributed by atoms with Gasteiger partial charge < -0.3 is 5.32 Å². The molecule has 0 aromatic carbocycles. The monoisotopic (exact) mass is 173 g/mol. The predicted octanol–water partition coefficient (Wildman–Crippen LogP) is 1.26. The van der Waals surface area contributed by atoms with Gasteiger partial charge >= 0.3 is 0 Å². The van der Waals surface area contributed by atoms with Crippen LogP contribution in [0.2, 0.25) is 0 Å². The number of hydrogen-bond acceptors (Lipinski definition) is 2. The summed E-state index contributed by atoms with van der Waals surface area (Å²) in [5, 5.41) is 3.48. The maximum absolute atomic E-state index is 11.1. The molecule has 1 rings (SSSR count). The van der Waals surface area contributed by atoms with Gasteiger partial charge in [-0.25, -0.2) is 0 Å². The number of thioether (sulfide) groups is 1. The summed E-state index contributed by atoms with van der Waals surface area (Å²) < 4.78 is 0. The Hall–Kier alpha value is -0.180. The topological polar surface area (TPSA) is 29.1 Å². The molecule has 0 spiro atoms. The fourth-order valence-corrected chi connectivity index (χ4v) is 1.07. The van der Waals surface area contributed by atoms with Gasteiger partial charge in [0.15, 0.2) is 0 Å². The number of nitrogens with one attached hydrogen (secondary N) is 1. The number of rotatable bonds is 4. The molecule has 0 radical (unpaired) electrons. The molecule has 1 aliphatic rings. The van der Waals surface area contributed by atoms with Gasteiger partial charge in [-0.15, -0.1) is 0 Å². The maximum Gasteiger partial charge on any atom is 0.223 e. The third-order valence-corrected chi connectivity index (χ3v) is 2.89. The van der Waals surface area contributed by atoms with Crippen LogP contribution < -0.4 is 5.32 Å². The normalized spacial score (nSPS) is 19.5. The third-order valence-electron chi connectivity index (χ3n) is 1.91. The van der Waals surface area contributed by atoms with Gasteiger partial charge in [-0.3, -0.25) is 4.79 Å². The zero-order chi connectivity index (χ0) is 8.27. The second kappa shape index (κ2) is 4.00. The van der Waals surface area contributed by atoms with Crippen molar-refractivity contribution in [3.05, 3.63) is 0 Å². The Bertz CT molecular complexity index is 145. The molecule has 0 aliphatic heterocycles. The summed E-state index contributed by atoms with van der Waals surface area (Å²) in [6.07, 6.45) is 4.26. The van der Waals surface area contributed by atoms with Gasteiger partial charge in [-0.1, -0.05) is 6.92 Å². The molecule has 0 saturated heterocycles. The van der Waals surface area contributed by atoms with E-state index in [0.29, 0.717) is 11.2 Å². The molecule has 11 heavy (non-hydrogen) atoms. The Morgan fingerprint density at radius 2 is 2.36 bits per heavy atom. The fourth-order valence-electron chi connectivity index (χ4n) is 0.818. The number of carbonyl (C=O) groups excluding carboxylic acids is 1. The maximum atomic E-state index is 11.1. The molecule has 1 N–H and O–H groups in total. The van der Waals surface area contributed by atoms with E-state index in [2.05, 4.69) is 18.5 Å². The van der Waals surface area contributed by atoms with E-state index >= 15 is 0 Å². The van der Waals surface area contributed by atoms with Crippen LogP contribution in [0.25, 0.3) is 0 Å². The zero-order valence-corrected chi connectivity index (χ0v) is 7.91. The van der Waals surface area contributed by atoms with Crippen LogP contribution in [0.4, 0.5) is 0 Å². The van der Waals surface area contributed by atoms with Crippen molar-refractivity contribution < 1.29 is 4.79 Å². The Morgan fingerprint density at radius 3 is 2.82 bits per heavy atom. The van der Waals surface area contributed by atoms with E-state index in [9.17, 15) is 4.79 Å². The van der Waals surface area contributed by atoms with Crippen molar-refractivity contribution in [3.63, 3.8) is 0 Å². The minimum atomic E-state index is 0.255. The molecule has 64 valence electrons. The smallest absolute Gasteiger partial charge is 0.223 e. The second-order valence-corrected chi connectivity index (χ2v) is 4.34. The van der Waals surface area contributed by atoms with Crippen LogP contribution >= 0.6 is 11.8 Å². The van der Waals surface area contributed by atoms with Crippen molar-refractivity contribution in [2.45, 2.75) is 25.0 Å². The van der Waals surface area contributed by atoms with E-state index < -0.39 is 0 Å². The molecule has 0 aromatic heterocycles. The van der Waals surface area contributed by atoms with Crippen molar-refractivity contribution in [2.75, 3.05) is 12.8 Å². The Labute approximate surface area is 72.1 Å². The molecule has 3 heteroatoms.